The minimum atomic E-state index is -0.204. The maximum absolute atomic E-state index is 12.3. The van der Waals surface area contributed by atoms with Crippen LogP contribution >= 0.6 is 0 Å². The highest BCUT2D eigenvalue weighted by molar-refractivity contribution is 5.90. The second kappa shape index (κ2) is 10.4. The predicted molar refractivity (Wildman–Crippen MR) is 127 cm³/mol. The van der Waals surface area contributed by atoms with Crippen LogP contribution in [0, 0.1) is 0 Å². The van der Waals surface area contributed by atoms with Crippen molar-refractivity contribution in [1.29, 1.82) is 0 Å². The molecule has 3 aromatic rings. The standard InChI is InChI=1S/C25H33N5O/c1-2-15-30-16-12-20(13-17-30)21-18-27-22-10-11-23(28-24(21)22)29-25(31)26-14-6-9-19-7-4-3-5-8-19/h3-5,7-8,10-11,18,20,27H,2,6,9,12-17H2,1H3,(H2,26,28,29,31). The number of hydrogen-bond donors (Lipinski definition) is 3. The van der Waals surface area contributed by atoms with Crippen molar-refractivity contribution < 1.29 is 4.79 Å². The summed E-state index contributed by atoms with van der Waals surface area (Å²) in [6.07, 6.45) is 7.49. The van der Waals surface area contributed by atoms with Gasteiger partial charge in [-0.3, -0.25) is 5.32 Å². The maximum atomic E-state index is 12.3. The van der Waals surface area contributed by atoms with Crippen LogP contribution in [0.25, 0.3) is 11.0 Å². The summed E-state index contributed by atoms with van der Waals surface area (Å²) >= 11 is 0. The van der Waals surface area contributed by atoms with Gasteiger partial charge in [0.15, 0.2) is 0 Å². The smallest absolute Gasteiger partial charge is 0.320 e. The molecule has 0 atom stereocenters. The molecule has 1 aromatic carbocycles. The zero-order chi connectivity index (χ0) is 21.5. The lowest BCUT2D eigenvalue weighted by molar-refractivity contribution is 0.213. The van der Waals surface area contributed by atoms with E-state index in [-0.39, 0.29) is 6.03 Å². The van der Waals surface area contributed by atoms with Crippen LogP contribution in [0.2, 0.25) is 0 Å². The van der Waals surface area contributed by atoms with Crippen molar-refractivity contribution in [1.82, 2.24) is 20.2 Å². The number of pyridine rings is 1. The van der Waals surface area contributed by atoms with Crippen LogP contribution in [0.1, 0.15) is 49.7 Å². The molecule has 0 unspecified atom stereocenters. The number of aromatic amines is 1. The molecule has 1 aliphatic heterocycles. The summed E-state index contributed by atoms with van der Waals surface area (Å²) in [5, 5.41) is 5.83. The Kier molecular flexibility index (Phi) is 7.20. The normalized spacial score (nSPS) is 15.3. The fourth-order valence-corrected chi connectivity index (χ4v) is 4.48. The molecule has 1 saturated heterocycles. The molecular weight excluding hydrogens is 386 g/mol. The number of hydrogen-bond acceptors (Lipinski definition) is 3. The second-order valence-electron chi connectivity index (χ2n) is 8.42. The summed E-state index contributed by atoms with van der Waals surface area (Å²) in [7, 11) is 0. The lowest BCUT2D eigenvalue weighted by Crippen LogP contribution is -2.33. The van der Waals surface area contributed by atoms with Gasteiger partial charge in [-0.25, -0.2) is 9.78 Å². The topological polar surface area (TPSA) is 73.1 Å². The number of nitrogens with zero attached hydrogens (tertiary/aromatic N) is 2. The van der Waals surface area contributed by atoms with Crippen molar-refractivity contribution >= 4 is 22.9 Å². The number of aromatic nitrogens is 2. The monoisotopic (exact) mass is 419 g/mol. The van der Waals surface area contributed by atoms with Gasteiger partial charge < -0.3 is 15.2 Å². The molecule has 0 spiro atoms. The molecule has 6 heteroatoms. The van der Waals surface area contributed by atoms with Crippen molar-refractivity contribution in [2.75, 3.05) is 31.5 Å². The molecule has 2 aromatic heterocycles. The Labute approximate surface area is 184 Å². The average Bonchev–Trinajstić information content (AvgIpc) is 3.21. The number of amides is 2. The maximum Gasteiger partial charge on any atom is 0.320 e. The first-order valence-corrected chi connectivity index (χ1v) is 11.5. The van der Waals surface area contributed by atoms with E-state index in [1.165, 1.54) is 24.1 Å². The van der Waals surface area contributed by atoms with Crippen molar-refractivity contribution in [2.45, 2.75) is 44.9 Å². The van der Waals surface area contributed by atoms with E-state index in [0.717, 1.165) is 49.8 Å². The quantitative estimate of drug-likeness (QED) is 0.454. The molecule has 1 fully saturated rings. The first kappa shape index (κ1) is 21.4. The predicted octanol–water partition coefficient (Wildman–Crippen LogP) is 4.91. The van der Waals surface area contributed by atoms with Gasteiger partial charge in [0.25, 0.3) is 0 Å². The summed E-state index contributed by atoms with van der Waals surface area (Å²) in [5.41, 5.74) is 4.58. The number of aryl methyl sites for hydroxylation is 1. The molecular formula is C25H33N5O. The zero-order valence-electron chi connectivity index (χ0n) is 18.4. The van der Waals surface area contributed by atoms with Gasteiger partial charge in [0.2, 0.25) is 0 Å². The van der Waals surface area contributed by atoms with Gasteiger partial charge in [0, 0.05) is 12.7 Å². The van der Waals surface area contributed by atoms with Gasteiger partial charge in [0.05, 0.1) is 11.0 Å². The van der Waals surface area contributed by atoms with Crippen LogP contribution in [-0.4, -0.2) is 47.1 Å². The molecule has 0 bridgehead atoms. The van der Waals surface area contributed by atoms with Crippen LogP contribution < -0.4 is 10.6 Å². The molecule has 2 amide bonds. The number of nitrogens with one attached hydrogen (secondary N) is 3. The number of urea groups is 1. The molecule has 164 valence electrons. The minimum Gasteiger partial charge on any atom is -0.360 e. The highest BCUT2D eigenvalue weighted by atomic mass is 16.2. The molecule has 1 aliphatic rings. The summed E-state index contributed by atoms with van der Waals surface area (Å²) in [4.78, 5) is 23.0. The Morgan fingerprint density at radius 2 is 1.97 bits per heavy atom. The van der Waals surface area contributed by atoms with Gasteiger partial charge in [0.1, 0.15) is 5.82 Å². The Morgan fingerprint density at radius 3 is 2.74 bits per heavy atom. The third-order valence-electron chi connectivity index (χ3n) is 6.13. The van der Waals surface area contributed by atoms with E-state index in [1.807, 2.05) is 30.3 Å². The number of carbonyl (C=O) groups excluding carboxylic acids is 1. The van der Waals surface area contributed by atoms with Crippen molar-refractivity contribution in [3.63, 3.8) is 0 Å². The van der Waals surface area contributed by atoms with Gasteiger partial charge in [-0.15, -0.1) is 0 Å². The number of rotatable bonds is 8. The third-order valence-corrected chi connectivity index (χ3v) is 6.13. The second-order valence-corrected chi connectivity index (χ2v) is 8.42. The molecule has 4 rings (SSSR count). The lowest BCUT2D eigenvalue weighted by atomic mass is 9.90. The summed E-state index contributed by atoms with van der Waals surface area (Å²) in [6, 6.07) is 14.0. The first-order valence-electron chi connectivity index (χ1n) is 11.5. The van der Waals surface area contributed by atoms with Crippen LogP contribution in [-0.2, 0) is 6.42 Å². The Morgan fingerprint density at radius 1 is 1.16 bits per heavy atom. The number of H-pyrrole nitrogens is 1. The number of benzene rings is 1. The van der Waals surface area contributed by atoms with Crippen molar-refractivity contribution in [3.05, 3.63) is 59.8 Å². The van der Waals surface area contributed by atoms with E-state index in [9.17, 15) is 4.79 Å². The Balaban J connectivity index is 1.31. The van der Waals surface area contributed by atoms with Crippen LogP contribution in [0.3, 0.4) is 0 Å². The number of anilines is 1. The SMILES string of the molecule is CCCN1CCC(c2c[nH]c3ccc(NC(=O)NCCCc4ccccc4)nc23)CC1. The van der Waals surface area contributed by atoms with E-state index in [4.69, 9.17) is 4.98 Å². The molecule has 0 aliphatic carbocycles. The van der Waals surface area contributed by atoms with Crippen LogP contribution in [0.4, 0.5) is 10.6 Å². The molecule has 0 radical (unpaired) electrons. The van der Waals surface area contributed by atoms with Gasteiger partial charge >= 0.3 is 6.03 Å². The summed E-state index contributed by atoms with van der Waals surface area (Å²) in [6.45, 7) is 6.36. The minimum absolute atomic E-state index is 0.204. The van der Waals surface area contributed by atoms with Gasteiger partial charge in [-0.1, -0.05) is 37.3 Å². The Hall–Kier alpha value is -2.86. The highest BCUT2D eigenvalue weighted by Gasteiger charge is 2.23. The molecule has 3 heterocycles. The lowest BCUT2D eigenvalue weighted by Gasteiger charge is -2.31. The van der Waals surface area contributed by atoms with Crippen molar-refractivity contribution in [3.8, 4) is 0 Å². The van der Waals surface area contributed by atoms with E-state index in [2.05, 4.69) is 45.8 Å². The first-order chi connectivity index (χ1) is 15.2. The number of likely N-dealkylation sites (tertiary alicyclic amines) is 1. The van der Waals surface area contributed by atoms with Gasteiger partial charge in [-0.2, -0.15) is 0 Å². The van der Waals surface area contributed by atoms with Crippen molar-refractivity contribution in [2.24, 2.45) is 0 Å². The molecule has 6 nitrogen and oxygen atoms in total. The fourth-order valence-electron chi connectivity index (χ4n) is 4.48. The fraction of sp³-hybridized carbons (Fsp3) is 0.440. The molecule has 0 saturated carbocycles. The summed E-state index contributed by atoms with van der Waals surface area (Å²) in [5.74, 6) is 1.12. The average molecular weight is 420 g/mol. The largest absolute Gasteiger partial charge is 0.360 e. The molecule has 31 heavy (non-hydrogen) atoms. The summed E-state index contributed by atoms with van der Waals surface area (Å²) < 4.78 is 0. The van der Waals surface area contributed by atoms with E-state index < -0.39 is 0 Å². The third kappa shape index (κ3) is 5.64. The van der Waals surface area contributed by atoms with Gasteiger partial charge in [-0.05, 0) is 80.9 Å². The van der Waals surface area contributed by atoms with Crippen LogP contribution in [0.5, 0.6) is 0 Å². The number of piperidine rings is 1. The van der Waals surface area contributed by atoms with E-state index in [1.54, 1.807) is 0 Å². The van der Waals surface area contributed by atoms with E-state index in [0.29, 0.717) is 18.3 Å². The molecule has 3 N–H and O–H groups in total. The Bertz CT molecular complexity index is 976. The highest BCUT2D eigenvalue weighted by Crippen LogP contribution is 2.32. The number of fused-ring (bicyclic) bond motifs is 1. The van der Waals surface area contributed by atoms with Crippen LogP contribution in [0.15, 0.2) is 48.7 Å². The zero-order valence-corrected chi connectivity index (χ0v) is 18.4. The van der Waals surface area contributed by atoms with E-state index >= 15 is 0 Å². The number of carbonyl (C=O) groups is 1.